The van der Waals surface area contributed by atoms with Crippen LogP contribution in [0.1, 0.15) is 28.7 Å². The molecule has 2 heterocycles. The Morgan fingerprint density at radius 2 is 1.79 bits per heavy atom. The number of benzene rings is 2. The van der Waals surface area contributed by atoms with E-state index in [1.165, 1.54) is 18.1 Å². The van der Waals surface area contributed by atoms with E-state index in [2.05, 4.69) is 9.17 Å². The van der Waals surface area contributed by atoms with E-state index in [4.69, 9.17) is 4.74 Å². The van der Waals surface area contributed by atoms with Crippen LogP contribution in [0, 0.1) is 5.82 Å². The van der Waals surface area contributed by atoms with Crippen molar-refractivity contribution in [2.75, 3.05) is 13.7 Å². The van der Waals surface area contributed by atoms with E-state index in [0.29, 0.717) is 42.4 Å². The minimum Gasteiger partial charge on any atom is -0.496 e. The van der Waals surface area contributed by atoms with Crippen molar-refractivity contribution in [3.63, 3.8) is 0 Å². The third kappa shape index (κ3) is 4.86. The molecule has 0 atom stereocenters. The Kier molecular flexibility index (Phi) is 6.65. The maximum Gasteiger partial charge on any atom is 0.534 e. The summed E-state index contributed by atoms with van der Waals surface area (Å²) in [5.74, 6) is -1.47. The second-order valence-corrected chi connectivity index (χ2v) is 10.8. The fourth-order valence-corrected chi connectivity index (χ4v) is 5.52. The molecule has 3 aromatic rings. The summed E-state index contributed by atoms with van der Waals surface area (Å²) >= 11 is 0. The van der Waals surface area contributed by atoms with Gasteiger partial charge in [0.2, 0.25) is 5.88 Å². The quantitative estimate of drug-likeness (QED) is 0.253. The molecule has 2 aromatic carbocycles. The van der Waals surface area contributed by atoms with Gasteiger partial charge in [0.25, 0.3) is 0 Å². The Bertz CT molecular complexity index is 1590. The van der Waals surface area contributed by atoms with Gasteiger partial charge in [-0.15, -0.1) is 0 Å². The van der Waals surface area contributed by atoms with Gasteiger partial charge in [-0.05, 0) is 66.1 Å². The number of fused-ring (bicyclic) bond motifs is 2. The Balaban J connectivity index is 1.72. The number of pyridine rings is 1. The van der Waals surface area contributed by atoms with Crippen LogP contribution in [-0.4, -0.2) is 48.7 Å². The summed E-state index contributed by atoms with van der Waals surface area (Å²) < 4.78 is 88.1. The van der Waals surface area contributed by atoms with Crippen LogP contribution in [0.3, 0.4) is 0 Å². The number of aromatic nitrogens is 1. The molecule has 0 radical (unpaired) electrons. The van der Waals surface area contributed by atoms with E-state index >= 15 is 0 Å². The Morgan fingerprint density at radius 1 is 1.05 bits per heavy atom. The fourth-order valence-electron chi connectivity index (χ4n) is 5.10. The average molecular weight is 567 g/mol. The first-order valence-corrected chi connectivity index (χ1v) is 13.3. The van der Waals surface area contributed by atoms with Gasteiger partial charge in [-0.25, -0.2) is 14.2 Å². The van der Waals surface area contributed by atoms with Gasteiger partial charge in [0.05, 0.1) is 18.4 Å². The Labute approximate surface area is 220 Å². The van der Waals surface area contributed by atoms with E-state index in [-0.39, 0.29) is 35.7 Å². The number of halogens is 4. The summed E-state index contributed by atoms with van der Waals surface area (Å²) in [4.78, 5) is 17.0. The maximum atomic E-state index is 13.9. The first-order valence-electron chi connectivity index (χ1n) is 11.9. The van der Waals surface area contributed by atoms with Crippen molar-refractivity contribution < 1.29 is 44.8 Å². The number of amides is 1. The Hall–Kier alpha value is -3.87. The van der Waals surface area contributed by atoms with Gasteiger partial charge >= 0.3 is 21.7 Å². The SMILES string of the molecule is COc1cc(F)ccc1-c1c(OS(=O)(=O)C(F)(F)F)nc(-c2ccc3c(c2)CCN(C(=O)O)C3)c2c1CCC2. The van der Waals surface area contributed by atoms with Crippen molar-refractivity contribution in [3.05, 3.63) is 64.5 Å². The number of methoxy groups -OCH3 is 1. The smallest absolute Gasteiger partial charge is 0.496 e. The zero-order chi connectivity index (χ0) is 28.1. The van der Waals surface area contributed by atoms with Crippen molar-refractivity contribution in [1.82, 2.24) is 9.88 Å². The van der Waals surface area contributed by atoms with E-state index in [0.717, 1.165) is 23.3 Å². The van der Waals surface area contributed by atoms with Gasteiger partial charge in [-0.3, -0.25) is 0 Å². The number of rotatable bonds is 5. The number of hydrogen-bond acceptors (Lipinski definition) is 6. The van der Waals surface area contributed by atoms with Crippen molar-refractivity contribution in [3.8, 4) is 34.0 Å². The number of alkyl halides is 3. The van der Waals surface area contributed by atoms with E-state index in [9.17, 15) is 35.9 Å². The summed E-state index contributed by atoms with van der Waals surface area (Å²) in [5, 5.41) is 9.30. The molecular weight excluding hydrogens is 544 g/mol. The largest absolute Gasteiger partial charge is 0.534 e. The minimum atomic E-state index is -6.09. The van der Waals surface area contributed by atoms with Gasteiger partial charge in [0.15, 0.2) is 0 Å². The lowest BCUT2D eigenvalue weighted by Gasteiger charge is -2.27. The lowest BCUT2D eigenvalue weighted by atomic mass is 9.92. The molecule has 0 saturated heterocycles. The molecule has 0 spiro atoms. The summed E-state index contributed by atoms with van der Waals surface area (Å²) in [7, 11) is -4.84. The molecule has 1 aliphatic heterocycles. The monoisotopic (exact) mass is 566 g/mol. The molecule has 206 valence electrons. The average Bonchev–Trinajstić information content (AvgIpc) is 3.36. The van der Waals surface area contributed by atoms with Crippen molar-refractivity contribution in [1.29, 1.82) is 0 Å². The standard InChI is InChI=1S/C26H22F4N2O6S/c1-37-21-12-17(27)7-8-20(21)22-18-3-2-4-19(18)23(31-24(22)38-39(35,36)26(28,29)30)15-5-6-16-13-32(25(33)34)10-9-14(16)11-15/h5-8,11-12H,2-4,9-10,13H2,1H3,(H,33,34). The second kappa shape index (κ2) is 9.70. The van der Waals surface area contributed by atoms with Crippen molar-refractivity contribution in [2.24, 2.45) is 0 Å². The van der Waals surface area contributed by atoms with Crippen LogP contribution in [0.15, 0.2) is 36.4 Å². The normalized spacial score (nSPS) is 15.1. The Morgan fingerprint density at radius 3 is 2.49 bits per heavy atom. The molecule has 39 heavy (non-hydrogen) atoms. The molecule has 5 rings (SSSR count). The topological polar surface area (TPSA) is 106 Å². The summed E-state index contributed by atoms with van der Waals surface area (Å²) in [6.45, 7) is 0.469. The highest BCUT2D eigenvalue weighted by atomic mass is 32.2. The third-order valence-electron chi connectivity index (χ3n) is 6.90. The van der Waals surface area contributed by atoms with Crippen LogP contribution in [0.2, 0.25) is 0 Å². The fraction of sp³-hybridized carbons (Fsp3) is 0.308. The maximum absolute atomic E-state index is 13.9. The lowest BCUT2D eigenvalue weighted by molar-refractivity contribution is -0.0501. The zero-order valence-electron chi connectivity index (χ0n) is 20.5. The van der Waals surface area contributed by atoms with Gasteiger partial charge in [-0.1, -0.05) is 12.1 Å². The number of hydrogen-bond donors (Lipinski definition) is 1. The summed E-state index contributed by atoms with van der Waals surface area (Å²) in [6, 6.07) is 8.59. The molecule has 1 aromatic heterocycles. The molecular formula is C26H22F4N2O6S. The van der Waals surface area contributed by atoms with Crippen LogP contribution >= 0.6 is 0 Å². The van der Waals surface area contributed by atoms with Crippen LogP contribution < -0.4 is 8.92 Å². The molecule has 0 fully saturated rings. The molecule has 1 N–H and O–H groups in total. The third-order valence-corrected chi connectivity index (χ3v) is 7.84. The predicted octanol–water partition coefficient (Wildman–Crippen LogP) is 5.32. The highest BCUT2D eigenvalue weighted by molar-refractivity contribution is 7.88. The van der Waals surface area contributed by atoms with Crippen LogP contribution in [0.25, 0.3) is 22.4 Å². The highest BCUT2D eigenvalue weighted by Gasteiger charge is 2.49. The number of carboxylic acid groups (broad SMARTS) is 1. The zero-order valence-corrected chi connectivity index (χ0v) is 21.3. The summed E-state index contributed by atoms with van der Waals surface area (Å²) in [6.07, 6.45) is 0.915. The van der Waals surface area contributed by atoms with Gasteiger partial charge in [-0.2, -0.15) is 21.6 Å². The molecule has 0 unspecified atom stereocenters. The highest BCUT2D eigenvalue weighted by Crippen LogP contribution is 2.46. The van der Waals surface area contributed by atoms with Crippen molar-refractivity contribution >= 4 is 16.2 Å². The molecule has 0 bridgehead atoms. The van der Waals surface area contributed by atoms with Gasteiger partial charge in [0, 0.05) is 30.3 Å². The molecule has 0 saturated carbocycles. The molecule has 13 heteroatoms. The molecule has 8 nitrogen and oxygen atoms in total. The molecule has 2 aliphatic rings. The molecule has 1 aliphatic carbocycles. The van der Waals surface area contributed by atoms with Crippen LogP contribution in [0.5, 0.6) is 11.6 Å². The second-order valence-electron chi connectivity index (χ2n) is 9.22. The van der Waals surface area contributed by atoms with Crippen LogP contribution in [-0.2, 0) is 35.9 Å². The van der Waals surface area contributed by atoms with E-state index < -0.39 is 33.4 Å². The van der Waals surface area contributed by atoms with E-state index in [1.54, 1.807) is 18.2 Å². The number of carbonyl (C=O) groups is 1. The van der Waals surface area contributed by atoms with Crippen LogP contribution in [0.4, 0.5) is 22.4 Å². The lowest BCUT2D eigenvalue weighted by Crippen LogP contribution is -2.34. The van der Waals surface area contributed by atoms with Gasteiger partial charge in [0.1, 0.15) is 11.6 Å². The molecule has 1 amide bonds. The number of ether oxygens (including phenoxy) is 1. The van der Waals surface area contributed by atoms with Gasteiger partial charge < -0.3 is 18.9 Å². The minimum absolute atomic E-state index is 0.00835. The number of nitrogens with zero attached hydrogens (tertiary/aromatic N) is 2. The predicted molar refractivity (Wildman–Crippen MR) is 131 cm³/mol. The summed E-state index contributed by atoms with van der Waals surface area (Å²) in [5.41, 5.74) is -1.90. The van der Waals surface area contributed by atoms with E-state index in [1.807, 2.05) is 0 Å². The first kappa shape index (κ1) is 26.7. The van der Waals surface area contributed by atoms with Crippen molar-refractivity contribution in [2.45, 2.75) is 37.7 Å². The first-order chi connectivity index (χ1) is 18.4.